The molecule has 0 aliphatic rings. The molecule has 0 aliphatic carbocycles. The van der Waals surface area contributed by atoms with Gasteiger partial charge in [0, 0.05) is 11.0 Å². The number of aromatic nitrogens is 2. The van der Waals surface area contributed by atoms with Gasteiger partial charge in [0.25, 0.3) is 5.56 Å². The summed E-state index contributed by atoms with van der Waals surface area (Å²) in [5.74, 6) is -0.0716. The number of carbonyl (C=O) groups is 1. The molecule has 0 saturated carbocycles. The van der Waals surface area contributed by atoms with Crippen LogP contribution in [-0.4, -0.2) is 15.9 Å². The number of hydrogen-bond acceptors (Lipinski definition) is 5. The highest BCUT2D eigenvalue weighted by Gasteiger charge is 2.17. The fourth-order valence-electron chi connectivity index (χ4n) is 1.95. The highest BCUT2D eigenvalue weighted by atomic mass is 32.1. The number of fused-ring (bicyclic) bond motifs is 1. The van der Waals surface area contributed by atoms with Crippen LogP contribution >= 0.6 is 11.3 Å². The lowest BCUT2D eigenvalue weighted by atomic mass is 10.2. The molecule has 6 heteroatoms. The van der Waals surface area contributed by atoms with E-state index in [4.69, 9.17) is 4.74 Å². The minimum atomic E-state index is -0.598. The quantitative estimate of drug-likeness (QED) is 0.695. The molecule has 0 saturated heterocycles. The molecule has 1 atom stereocenters. The van der Waals surface area contributed by atoms with Gasteiger partial charge < -0.3 is 9.72 Å². The largest absolute Gasteiger partial charge is 0.451 e. The standard InChI is InChI=1S/C15H18N2O3S/c1-5-6-7-11(18)20-9(3)13-16-14(19)12-8(2)10(4)21-15(12)17-13/h6-7,9H,5H2,1-4H3,(H,16,17,19)/b7-6+/t9-/m0/s1. The molecule has 0 radical (unpaired) electrons. The fourth-order valence-corrected chi connectivity index (χ4v) is 2.98. The number of nitrogens with one attached hydrogen (secondary N) is 1. The minimum Gasteiger partial charge on any atom is -0.451 e. The van der Waals surface area contributed by atoms with E-state index >= 15 is 0 Å². The molecule has 21 heavy (non-hydrogen) atoms. The van der Waals surface area contributed by atoms with Crippen molar-refractivity contribution in [3.05, 3.63) is 38.8 Å². The van der Waals surface area contributed by atoms with Gasteiger partial charge in [-0.25, -0.2) is 9.78 Å². The number of hydrogen-bond donors (Lipinski definition) is 1. The Morgan fingerprint density at radius 1 is 1.48 bits per heavy atom. The van der Waals surface area contributed by atoms with E-state index in [1.165, 1.54) is 17.4 Å². The van der Waals surface area contributed by atoms with Crippen molar-refractivity contribution in [2.45, 2.75) is 40.2 Å². The van der Waals surface area contributed by atoms with E-state index in [9.17, 15) is 9.59 Å². The molecule has 0 unspecified atom stereocenters. The number of rotatable bonds is 4. The molecular weight excluding hydrogens is 288 g/mol. The van der Waals surface area contributed by atoms with Gasteiger partial charge in [-0.15, -0.1) is 11.3 Å². The topological polar surface area (TPSA) is 72.0 Å². The van der Waals surface area contributed by atoms with Crippen LogP contribution in [0, 0.1) is 13.8 Å². The summed E-state index contributed by atoms with van der Waals surface area (Å²) in [5, 5.41) is 0.616. The van der Waals surface area contributed by atoms with Crippen LogP contribution in [0.1, 0.15) is 42.6 Å². The Morgan fingerprint density at radius 3 is 2.86 bits per heavy atom. The summed E-state index contributed by atoms with van der Waals surface area (Å²) >= 11 is 1.47. The van der Waals surface area contributed by atoms with Crippen LogP contribution in [0.25, 0.3) is 10.2 Å². The fraction of sp³-hybridized carbons (Fsp3) is 0.400. The van der Waals surface area contributed by atoms with E-state index in [1.807, 2.05) is 20.8 Å². The number of allylic oxidation sites excluding steroid dienone is 1. The average Bonchev–Trinajstić information content (AvgIpc) is 2.72. The van der Waals surface area contributed by atoms with Crippen LogP contribution in [-0.2, 0) is 9.53 Å². The highest BCUT2D eigenvalue weighted by molar-refractivity contribution is 7.18. The summed E-state index contributed by atoms with van der Waals surface area (Å²) in [7, 11) is 0. The van der Waals surface area contributed by atoms with E-state index in [-0.39, 0.29) is 5.56 Å². The van der Waals surface area contributed by atoms with Crippen LogP contribution < -0.4 is 5.56 Å². The van der Waals surface area contributed by atoms with Crippen molar-refractivity contribution in [1.29, 1.82) is 0 Å². The third-order valence-electron chi connectivity index (χ3n) is 3.23. The van der Waals surface area contributed by atoms with E-state index in [2.05, 4.69) is 9.97 Å². The number of H-pyrrole nitrogens is 1. The van der Waals surface area contributed by atoms with E-state index in [0.717, 1.165) is 16.9 Å². The first kappa shape index (κ1) is 15.4. The average molecular weight is 306 g/mol. The normalized spacial score (nSPS) is 13.0. The van der Waals surface area contributed by atoms with Crippen LogP contribution in [0.15, 0.2) is 16.9 Å². The Bertz CT molecular complexity index is 758. The number of thiophene rings is 1. The van der Waals surface area contributed by atoms with Crippen molar-refractivity contribution in [3.8, 4) is 0 Å². The Kier molecular flexibility index (Phi) is 4.57. The van der Waals surface area contributed by atoms with Crippen molar-refractivity contribution >= 4 is 27.5 Å². The summed E-state index contributed by atoms with van der Waals surface area (Å²) < 4.78 is 5.23. The molecule has 0 fully saturated rings. The second-order valence-electron chi connectivity index (χ2n) is 4.80. The smallest absolute Gasteiger partial charge is 0.331 e. The predicted molar refractivity (Wildman–Crippen MR) is 83.7 cm³/mol. The summed E-state index contributed by atoms with van der Waals surface area (Å²) in [4.78, 5) is 32.6. The number of aryl methyl sites for hydroxylation is 2. The molecule has 0 amide bonds. The van der Waals surface area contributed by atoms with E-state index in [0.29, 0.717) is 16.0 Å². The highest BCUT2D eigenvalue weighted by Crippen LogP contribution is 2.26. The molecule has 1 N–H and O–H groups in total. The molecular formula is C15H18N2O3S. The number of nitrogens with zero attached hydrogens (tertiary/aromatic N) is 1. The van der Waals surface area contributed by atoms with Gasteiger partial charge in [-0.3, -0.25) is 4.79 Å². The third-order valence-corrected chi connectivity index (χ3v) is 4.33. The third kappa shape index (κ3) is 3.21. The lowest BCUT2D eigenvalue weighted by molar-refractivity contribution is -0.142. The number of esters is 1. The second-order valence-corrected chi connectivity index (χ2v) is 6.01. The van der Waals surface area contributed by atoms with Gasteiger partial charge in [0.15, 0.2) is 11.9 Å². The lowest BCUT2D eigenvalue weighted by Crippen LogP contribution is -2.16. The zero-order chi connectivity index (χ0) is 15.6. The van der Waals surface area contributed by atoms with Gasteiger partial charge in [-0.2, -0.15) is 0 Å². The van der Waals surface area contributed by atoms with Gasteiger partial charge >= 0.3 is 5.97 Å². The van der Waals surface area contributed by atoms with Crippen LogP contribution in [0.2, 0.25) is 0 Å². The molecule has 2 rings (SSSR count). The van der Waals surface area contributed by atoms with E-state index in [1.54, 1.807) is 13.0 Å². The van der Waals surface area contributed by atoms with Crippen LogP contribution in [0.3, 0.4) is 0 Å². The lowest BCUT2D eigenvalue weighted by Gasteiger charge is -2.10. The van der Waals surface area contributed by atoms with Gasteiger partial charge in [-0.05, 0) is 32.8 Å². The molecule has 112 valence electrons. The van der Waals surface area contributed by atoms with E-state index < -0.39 is 12.1 Å². The summed E-state index contributed by atoms with van der Waals surface area (Å²) in [5.41, 5.74) is 0.759. The Morgan fingerprint density at radius 2 is 2.19 bits per heavy atom. The zero-order valence-electron chi connectivity index (χ0n) is 12.5. The maximum Gasteiger partial charge on any atom is 0.331 e. The monoisotopic (exact) mass is 306 g/mol. The molecule has 2 heterocycles. The van der Waals surface area contributed by atoms with Crippen LogP contribution in [0.5, 0.6) is 0 Å². The van der Waals surface area contributed by atoms with Crippen LogP contribution in [0.4, 0.5) is 0 Å². The van der Waals surface area contributed by atoms with Crippen molar-refractivity contribution in [1.82, 2.24) is 9.97 Å². The summed E-state index contributed by atoms with van der Waals surface area (Å²) in [6, 6.07) is 0. The number of aromatic amines is 1. The van der Waals surface area contributed by atoms with Gasteiger partial charge in [0.2, 0.25) is 0 Å². The van der Waals surface area contributed by atoms with Gasteiger partial charge in [0.05, 0.1) is 5.39 Å². The van der Waals surface area contributed by atoms with Crippen molar-refractivity contribution in [2.75, 3.05) is 0 Å². The molecule has 5 nitrogen and oxygen atoms in total. The Hall–Kier alpha value is -1.95. The molecule has 0 aliphatic heterocycles. The Balaban J connectivity index is 2.32. The van der Waals surface area contributed by atoms with Crippen molar-refractivity contribution in [2.24, 2.45) is 0 Å². The number of carbonyl (C=O) groups excluding carboxylic acids is 1. The first-order valence-corrected chi connectivity index (χ1v) is 7.62. The molecule has 0 bridgehead atoms. The van der Waals surface area contributed by atoms with Crippen molar-refractivity contribution in [3.63, 3.8) is 0 Å². The molecule has 2 aromatic heterocycles. The summed E-state index contributed by atoms with van der Waals surface area (Å²) in [6.07, 6.45) is 3.27. The zero-order valence-corrected chi connectivity index (χ0v) is 13.3. The maximum atomic E-state index is 12.2. The maximum absolute atomic E-state index is 12.2. The molecule has 0 aromatic carbocycles. The minimum absolute atomic E-state index is 0.191. The second kappa shape index (κ2) is 6.22. The summed E-state index contributed by atoms with van der Waals surface area (Å²) in [6.45, 7) is 7.49. The molecule has 0 spiro atoms. The molecule has 2 aromatic rings. The first-order valence-electron chi connectivity index (χ1n) is 6.81. The van der Waals surface area contributed by atoms with Gasteiger partial charge in [-0.1, -0.05) is 13.0 Å². The first-order chi connectivity index (χ1) is 9.93. The predicted octanol–water partition coefficient (Wildman–Crippen LogP) is 3.17. The SMILES string of the molecule is CC/C=C/C(=O)O[C@@H](C)c1nc2sc(C)c(C)c2c(=O)[nH]1. The van der Waals surface area contributed by atoms with Crippen molar-refractivity contribution < 1.29 is 9.53 Å². The van der Waals surface area contributed by atoms with Gasteiger partial charge in [0.1, 0.15) is 4.83 Å². The number of ether oxygens (including phenoxy) is 1. The Labute approximate surface area is 126 Å².